The van der Waals surface area contributed by atoms with Crippen LogP contribution >= 0.6 is 0 Å². The van der Waals surface area contributed by atoms with Crippen molar-refractivity contribution < 1.29 is 29.6 Å². The zero-order chi connectivity index (χ0) is 16.7. The zero-order valence-corrected chi connectivity index (χ0v) is 12.9. The maximum atomic E-state index is 11.2. The van der Waals surface area contributed by atoms with E-state index in [2.05, 4.69) is 5.92 Å². The number of hydrogen-bond acceptors (Lipinski definition) is 6. The van der Waals surface area contributed by atoms with E-state index in [1.807, 2.05) is 6.92 Å². The highest BCUT2D eigenvalue weighted by Crippen LogP contribution is 2.25. The minimum absolute atomic E-state index is 0.0299. The molecule has 0 aromatic carbocycles. The van der Waals surface area contributed by atoms with Crippen molar-refractivity contribution in [2.75, 3.05) is 0 Å². The molecule has 1 saturated heterocycles. The van der Waals surface area contributed by atoms with E-state index in [0.717, 1.165) is 0 Å². The minimum Gasteiger partial charge on any atom is -0.460 e. The lowest BCUT2D eigenvalue weighted by Crippen LogP contribution is -2.47. The van der Waals surface area contributed by atoms with Crippen molar-refractivity contribution in [2.45, 2.75) is 69.7 Å². The van der Waals surface area contributed by atoms with E-state index in [1.54, 1.807) is 0 Å². The summed E-state index contributed by atoms with van der Waals surface area (Å²) in [6.07, 6.45) is 3.49. The Morgan fingerprint density at radius 2 is 2.00 bits per heavy atom. The summed E-state index contributed by atoms with van der Waals surface area (Å²) in [4.78, 5) is 11.2. The predicted molar refractivity (Wildman–Crippen MR) is 79.7 cm³/mol. The Kier molecular flexibility index (Phi) is 7.56. The number of carbonyl (C=O) groups excluding carboxylic acids is 1. The molecule has 1 aliphatic heterocycles. The van der Waals surface area contributed by atoms with E-state index in [9.17, 15) is 20.1 Å². The second-order valence-corrected chi connectivity index (χ2v) is 5.39. The first-order valence-electron chi connectivity index (χ1n) is 7.38. The lowest BCUT2D eigenvalue weighted by Gasteiger charge is -2.36. The highest BCUT2D eigenvalue weighted by atomic mass is 16.6. The molecule has 0 saturated carbocycles. The average Bonchev–Trinajstić information content (AvgIpc) is 2.46. The third kappa shape index (κ3) is 5.43. The van der Waals surface area contributed by atoms with Gasteiger partial charge in [-0.05, 0) is 18.6 Å². The summed E-state index contributed by atoms with van der Waals surface area (Å²) in [5.41, 5.74) is 0. The summed E-state index contributed by atoms with van der Waals surface area (Å²) < 4.78 is 11.0. The lowest BCUT2D eigenvalue weighted by molar-refractivity contribution is -0.174. The SMILES string of the molecule is C#CC=CC1OC(C(CC)OC(C)=O)CC(O)C(O)CC1O. The Hall–Kier alpha value is -1.39. The van der Waals surface area contributed by atoms with Crippen molar-refractivity contribution in [3.05, 3.63) is 12.2 Å². The van der Waals surface area contributed by atoms with Crippen molar-refractivity contribution in [2.24, 2.45) is 0 Å². The molecule has 0 aliphatic carbocycles. The second-order valence-electron chi connectivity index (χ2n) is 5.39. The Balaban J connectivity index is 2.97. The van der Waals surface area contributed by atoms with Gasteiger partial charge in [0.2, 0.25) is 0 Å². The van der Waals surface area contributed by atoms with Crippen LogP contribution in [0.25, 0.3) is 0 Å². The summed E-state index contributed by atoms with van der Waals surface area (Å²) >= 11 is 0. The van der Waals surface area contributed by atoms with Gasteiger partial charge in [0.15, 0.2) is 0 Å². The molecule has 0 aromatic heterocycles. The molecule has 0 amide bonds. The number of carbonyl (C=O) groups is 1. The molecule has 1 heterocycles. The molecule has 1 rings (SSSR count). The van der Waals surface area contributed by atoms with Gasteiger partial charge in [0.1, 0.15) is 12.2 Å². The van der Waals surface area contributed by atoms with Crippen LogP contribution in [0.2, 0.25) is 0 Å². The number of ether oxygens (including phenoxy) is 2. The van der Waals surface area contributed by atoms with Crippen molar-refractivity contribution >= 4 is 5.97 Å². The highest BCUT2D eigenvalue weighted by Gasteiger charge is 2.36. The van der Waals surface area contributed by atoms with Crippen LogP contribution < -0.4 is 0 Å². The molecule has 3 N–H and O–H groups in total. The molecule has 0 aromatic rings. The first-order chi connectivity index (χ1) is 10.4. The predicted octanol–water partition coefficient (Wildman–Crippen LogP) is 0.148. The molecular formula is C16H24O6. The fraction of sp³-hybridized carbons (Fsp3) is 0.688. The first kappa shape index (κ1) is 18.7. The molecule has 6 atom stereocenters. The van der Waals surface area contributed by atoms with Gasteiger partial charge in [-0.3, -0.25) is 4.79 Å². The Bertz CT molecular complexity index is 427. The van der Waals surface area contributed by atoms with Crippen molar-refractivity contribution in [1.29, 1.82) is 0 Å². The number of hydrogen-bond donors (Lipinski definition) is 3. The molecule has 6 unspecified atom stereocenters. The van der Waals surface area contributed by atoms with Crippen LogP contribution in [0, 0.1) is 12.3 Å². The number of rotatable bonds is 4. The molecule has 6 heteroatoms. The quantitative estimate of drug-likeness (QED) is 0.505. The fourth-order valence-corrected chi connectivity index (χ4v) is 2.48. The number of aliphatic hydroxyl groups excluding tert-OH is 3. The Morgan fingerprint density at radius 3 is 2.55 bits per heavy atom. The molecule has 6 nitrogen and oxygen atoms in total. The van der Waals surface area contributed by atoms with Crippen molar-refractivity contribution in [3.8, 4) is 12.3 Å². The average molecular weight is 312 g/mol. The first-order valence-corrected chi connectivity index (χ1v) is 7.38. The summed E-state index contributed by atoms with van der Waals surface area (Å²) in [7, 11) is 0. The standard InChI is InChI=1S/C16H24O6/c1-4-6-7-15-13(20)8-11(18)12(19)9-16(22-15)14(5-2)21-10(3)17/h1,6-7,11-16,18-20H,5,8-9H2,2-3H3. The van der Waals surface area contributed by atoms with Gasteiger partial charge in [0.05, 0.1) is 24.4 Å². The molecule has 0 bridgehead atoms. The summed E-state index contributed by atoms with van der Waals surface area (Å²) in [6, 6.07) is 0. The largest absolute Gasteiger partial charge is 0.460 e. The van der Waals surface area contributed by atoms with Gasteiger partial charge >= 0.3 is 5.97 Å². The van der Waals surface area contributed by atoms with Crippen LogP contribution in [-0.4, -0.2) is 57.9 Å². The zero-order valence-electron chi connectivity index (χ0n) is 12.9. The van der Waals surface area contributed by atoms with E-state index in [0.29, 0.717) is 6.42 Å². The molecule has 22 heavy (non-hydrogen) atoms. The van der Waals surface area contributed by atoms with Crippen LogP contribution in [-0.2, 0) is 14.3 Å². The van der Waals surface area contributed by atoms with Gasteiger partial charge in [-0.1, -0.05) is 12.8 Å². The molecular weight excluding hydrogens is 288 g/mol. The Labute approximate surface area is 130 Å². The maximum absolute atomic E-state index is 11.2. The summed E-state index contributed by atoms with van der Waals surface area (Å²) in [5.74, 6) is 1.86. The van der Waals surface area contributed by atoms with E-state index < -0.39 is 42.6 Å². The molecule has 1 fully saturated rings. The summed E-state index contributed by atoms with van der Waals surface area (Å²) in [5, 5.41) is 30.0. The minimum atomic E-state index is -1.09. The van der Waals surface area contributed by atoms with Gasteiger partial charge in [-0.25, -0.2) is 0 Å². The lowest BCUT2D eigenvalue weighted by atomic mass is 9.93. The van der Waals surface area contributed by atoms with Gasteiger partial charge in [-0.2, -0.15) is 0 Å². The number of aliphatic hydroxyl groups is 3. The molecule has 0 spiro atoms. The van der Waals surface area contributed by atoms with E-state index >= 15 is 0 Å². The topological polar surface area (TPSA) is 96.2 Å². The van der Waals surface area contributed by atoms with E-state index in [1.165, 1.54) is 19.1 Å². The fourth-order valence-electron chi connectivity index (χ4n) is 2.48. The van der Waals surface area contributed by atoms with Gasteiger partial charge in [0.25, 0.3) is 0 Å². The molecule has 1 aliphatic rings. The van der Waals surface area contributed by atoms with Gasteiger partial charge in [-0.15, -0.1) is 6.42 Å². The number of terminal acetylenes is 1. The van der Waals surface area contributed by atoms with E-state index in [4.69, 9.17) is 15.9 Å². The normalized spacial score (nSPS) is 34.5. The van der Waals surface area contributed by atoms with Crippen LogP contribution in [0.5, 0.6) is 0 Å². The van der Waals surface area contributed by atoms with Gasteiger partial charge in [0, 0.05) is 19.8 Å². The molecule has 124 valence electrons. The van der Waals surface area contributed by atoms with E-state index in [-0.39, 0.29) is 12.8 Å². The van der Waals surface area contributed by atoms with Gasteiger partial charge < -0.3 is 24.8 Å². The monoisotopic (exact) mass is 312 g/mol. The Morgan fingerprint density at radius 1 is 1.36 bits per heavy atom. The van der Waals surface area contributed by atoms with Crippen LogP contribution in [0.1, 0.15) is 33.1 Å². The summed E-state index contributed by atoms with van der Waals surface area (Å²) in [6.45, 7) is 3.11. The van der Waals surface area contributed by atoms with Crippen LogP contribution in [0.3, 0.4) is 0 Å². The van der Waals surface area contributed by atoms with Crippen molar-refractivity contribution in [1.82, 2.24) is 0 Å². The molecule has 0 radical (unpaired) electrons. The van der Waals surface area contributed by atoms with Crippen molar-refractivity contribution in [3.63, 3.8) is 0 Å². The highest BCUT2D eigenvalue weighted by molar-refractivity contribution is 5.66. The third-order valence-electron chi connectivity index (χ3n) is 3.63. The van der Waals surface area contributed by atoms with Crippen LogP contribution in [0.4, 0.5) is 0 Å². The third-order valence-corrected chi connectivity index (χ3v) is 3.63. The second kappa shape index (κ2) is 8.91. The smallest absolute Gasteiger partial charge is 0.302 e. The number of esters is 1. The van der Waals surface area contributed by atoms with Crippen LogP contribution in [0.15, 0.2) is 12.2 Å². The number of allylic oxidation sites excluding steroid dienone is 1. The maximum Gasteiger partial charge on any atom is 0.302 e.